The molecule has 0 radical (unpaired) electrons. The first-order valence-corrected chi connectivity index (χ1v) is 9.04. The van der Waals surface area contributed by atoms with Gasteiger partial charge in [-0.3, -0.25) is 4.79 Å². The number of imidazole rings is 1. The number of hydrogen-bond acceptors (Lipinski definition) is 4. The quantitative estimate of drug-likeness (QED) is 0.603. The van der Waals surface area contributed by atoms with E-state index in [1.807, 2.05) is 23.7 Å². The summed E-state index contributed by atoms with van der Waals surface area (Å²) in [6.07, 6.45) is 3.77. The summed E-state index contributed by atoms with van der Waals surface area (Å²) in [6, 6.07) is 6.22. The molecule has 0 amide bonds. The van der Waals surface area contributed by atoms with Crippen LogP contribution in [0, 0.1) is 0 Å². The van der Waals surface area contributed by atoms with Crippen LogP contribution in [0.15, 0.2) is 18.2 Å². The Balaban J connectivity index is 1.91. The zero-order chi connectivity index (χ0) is 17.1. The number of nitrogens with zero attached hydrogens (tertiary/aromatic N) is 4. The second-order valence-electron chi connectivity index (χ2n) is 6.81. The number of Topliss-reactive ketones (excluding diaryl/α,β-unsaturated/α-hetero) is 1. The van der Waals surface area contributed by atoms with E-state index in [1.54, 1.807) is 0 Å². The standard InChI is InChI=1S/C19H28N4O/c1-4-5-6-10-17(24)19-20-15-8-7-9-16(18(15)22(19)3)23-13-11-21(2)12-14-23/h7-9H,4-6,10-14H2,1-3H3. The Morgan fingerprint density at radius 1 is 1.12 bits per heavy atom. The molecule has 3 rings (SSSR count). The molecule has 1 aromatic heterocycles. The first-order valence-electron chi connectivity index (χ1n) is 9.04. The molecule has 0 saturated carbocycles. The van der Waals surface area contributed by atoms with E-state index in [0.717, 1.165) is 56.5 Å². The Morgan fingerprint density at radius 2 is 1.88 bits per heavy atom. The minimum absolute atomic E-state index is 0.159. The second kappa shape index (κ2) is 7.34. The lowest BCUT2D eigenvalue weighted by atomic mass is 10.1. The fourth-order valence-corrected chi connectivity index (χ4v) is 3.45. The van der Waals surface area contributed by atoms with Crippen LogP contribution in [0.5, 0.6) is 0 Å². The van der Waals surface area contributed by atoms with Crippen LogP contribution < -0.4 is 4.90 Å². The van der Waals surface area contributed by atoms with Gasteiger partial charge in [0.1, 0.15) is 0 Å². The van der Waals surface area contributed by atoms with Gasteiger partial charge in [-0.25, -0.2) is 4.98 Å². The summed E-state index contributed by atoms with van der Waals surface area (Å²) in [5, 5.41) is 0. The lowest BCUT2D eigenvalue weighted by Crippen LogP contribution is -2.44. The molecule has 0 atom stereocenters. The van der Waals surface area contributed by atoms with Gasteiger partial charge in [0.2, 0.25) is 0 Å². The third-order valence-electron chi connectivity index (χ3n) is 4.97. The molecule has 1 aromatic carbocycles. The normalized spacial score (nSPS) is 16.0. The highest BCUT2D eigenvalue weighted by Crippen LogP contribution is 2.28. The molecule has 0 unspecified atom stereocenters. The van der Waals surface area contributed by atoms with Crippen LogP contribution in [0.4, 0.5) is 5.69 Å². The van der Waals surface area contributed by atoms with Crippen molar-refractivity contribution in [2.24, 2.45) is 7.05 Å². The highest BCUT2D eigenvalue weighted by molar-refractivity contribution is 5.99. The molecule has 0 aliphatic carbocycles. The van der Waals surface area contributed by atoms with E-state index >= 15 is 0 Å². The smallest absolute Gasteiger partial charge is 0.198 e. The largest absolute Gasteiger partial charge is 0.367 e. The van der Waals surface area contributed by atoms with Crippen molar-refractivity contribution in [3.63, 3.8) is 0 Å². The highest BCUT2D eigenvalue weighted by atomic mass is 16.1. The van der Waals surface area contributed by atoms with Crippen molar-refractivity contribution in [2.45, 2.75) is 32.6 Å². The number of unbranched alkanes of at least 4 members (excludes halogenated alkanes) is 2. The van der Waals surface area contributed by atoms with Crippen LogP contribution in [0.3, 0.4) is 0 Å². The van der Waals surface area contributed by atoms with E-state index in [4.69, 9.17) is 0 Å². The van der Waals surface area contributed by atoms with E-state index in [1.165, 1.54) is 5.69 Å². The third kappa shape index (κ3) is 3.31. The molecule has 0 bridgehead atoms. The minimum atomic E-state index is 0.159. The summed E-state index contributed by atoms with van der Waals surface area (Å²) < 4.78 is 2.00. The van der Waals surface area contributed by atoms with E-state index in [-0.39, 0.29) is 5.78 Å². The summed E-state index contributed by atoms with van der Waals surface area (Å²) in [4.78, 5) is 21.9. The predicted octanol–water partition coefficient (Wildman–Crippen LogP) is 3.09. The lowest BCUT2D eigenvalue weighted by Gasteiger charge is -2.34. The Kier molecular flexibility index (Phi) is 5.19. The average Bonchev–Trinajstić information content (AvgIpc) is 2.93. The number of aryl methyl sites for hydroxylation is 1. The van der Waals surface area contributed by atoms with Crippen LogP contribution in [0.1, 0.15) is 43.2 Å². The third-order valence-corrected chi connectivity index (χ3v) is 4.97. The Hall–Kier alpha value is -1.88. The molecule has 0 N–H and O–H groups in total. The summed E-state index contributed by atoms with van der Waals surface area (Å²) in [7, 11) is 4.14. The Labute approximate surface area is 144 Å². The minimum Gasteiger partial charge on any atom is -0.367 e. The predicted molar refractivity (Wildman–Crippen MR) is 98.9 cm³/mol. The van der Waals surface area contributed by atoms with Gasteiger partial charge in [-0.05, 0) is 25.6 Å². The number of carbonyl (C=O) groups excluding carboxylic acids is 1. The maximum Gasteiger partial charge on any atom is 0.198 e. The van der Waals surface area contributed by atoms with Gasteiger partial charge in [-0.1, -0.05) is 25.8 Å². The molecule has 2 aromatic rings. The Bertz CT molecular complexity index is 713. The number of ketones is 1. The van der Waals surface area contributed by atoms with E-state index < -0.39 is 0 Å². The number of anilines is 1. The molecule has 5 nitrogen and oxygen atoms in total. The number of hydrogen-bond donors (Lipinski definition) is 0. The van der Waals surface area contributed by atoms with Crippen LogP contribution in [-0.2, 0) is 7.05 Å². The highest BCUT2D eigenvalue weighted by Gasteiger charge is 2.21. The molecule has 1 fully saturated rings. The number of fused-ring (bicyclic) bond motifs is 1. The van der Waals surface area contributed by atoms with Gasteiger partial charge in [-0.15, -0.1) is 0 Å². The molecule has 1 aliphatic heterocycles. The van der Waals surface area contributed by atoms with Crippen molar-refractivity contribution in [3.8, 4) is 0 Å². The monoisotopic (exact) mass is 328 g/mol. The summed E-state index contributed by atoms with van der Waals surface area (Å²) in [6.45, 7) is 6.32. The van der Waals surface area contributed by atoms with Gasteiger partial charge in [0.05, 0.1) is 16.7 Å². The number of rotatable bonds is 6. The topological polar surface area (TPSA) is 41.4 Å². The number of aromatic nitrogens is 2. The first kappa shape index (κ1) is 17.0. The van der Waals surface area contributed by atoms with Crippen molar-refractivity contribution >= 4 is 22.5 Å². The van der Waals surface area contributed by atoms with Crippen LogP contribution >= 0.6 is 0 Å². The molecule has 0 spiro atoms. The summed E-state index contributed by atoms with van der Waals surface area (Å²) in [5.74, 6) is 0.758. The average molecular weight is 328 g/mol. The van der Waals surface area contributed by atoms with Gasteiger partial charge in [0.25, 0.3) is 0 Å². The second-order valence-corrected chi connectivity index (χ2v) is 6.81. The lowest BCUT2D eigenvalue weighted by molar-refractivity contribution is 0.0967. The van der Waals surface area contributed by atoms with Gasteiger partial charge in [0.15, 0.2) is 11.6 Å². The van der Waals surface area contributed by atoms with E-state index in [9.17, 15) is 4.79 Å². The summed E-state index contributed by atoms with van der Waals surface area (Å²) >= 11 is 0. The number of benzene rings is 1. The molecule has 5 heteroatoms. The number of para-hydroxylation sites is 1. The van der Waals surface area contributed by atoms with Gasteiger partial charge in [-0.2, -0.15) is 0 Å². The Morgan fingerprint density at radius 3 is 2.58 bits per heavy atom. The SMILES string of the molecule is CCCCCC(=O)c1nc2cccc(N3CCN(C)CC3)c2n1C. The van der Waals surface area contributed by atoms with Crippen molar-refractivity contribution < 1.29 is 4.79 Å². The zero-order valence-electron chi connectivity index (χ0n) is 15.1. The molecule has 2 heterocycles. The number of piperazine rings is 1. The van der Waals surface area contributed by atoms with Crippen molar-refractivity contribution in [1.29, 1.82) is 0 Å². The fourth-order valence-electron chi connectivity index (χ4n) is 3.45. The van der Waals surface area contributed by atoms with Crippen molar-refractivity contribution in [1.82, 2.24) is 14.5 Å². The molecule has 1 saturated heterocycles. The maximum atomic E-state index is 12.5. The number of likely N-dealkylation sites (N-methyl/N-ethyl adjacent to an activating group) is 1. The van der Waals surface area contributed by atoms with E-state index in [2.05, 4.69) is 34.8 Å². The van der Waals surface area contributed by atoms with Gasteiger partial charge >= 0.3 is 0 Å². The van der Waals surface area contributed by atoms with Crippen LogP contribution in [0.2, 0.25) is 0 Å². The molecule has 130 valence electrons. The molecular weight excluding hydrogens is 300 g/mol. The van der Waals surface area contributed by atoms with Crippen molar-refractivity contribution in [2.75, 3.05) is 38.1 Å². The number of carbonyl (C=O) groups is 1. The van der Waals surface area contributed by atoms with Crippen molar-refractivity contribution in [3.05, 3.63) is 24.0 Å². The maximum absolute atomic E-state index is 12.5. The zero-order valence-corrected chi connectivity index (χ0v) is 15.1. The van der Waals surface area contributed by atoms with E-state index in [0.29, 0.717) is 12.2 Å². The molecule has 24 heavy (non-hydrogen) atoms. The van der Waals surface area contributed by atoms with Crippen LogP contribution in [0.25, 0.3) is 11.0 Å². The first-order chi connectivity index (χ1) is 11.6. The van der Waals surface area contributed by atoms with Gasteiger partial charge in [0, 0.05) is 39.6 Å². The van der Waals surface area contributed by atoms with Crippen LogP contribution in [-0.4, -0.2) is 53.5 Å². The summed E-state index contributed by atoms with van der Waals surface area (Å²) in [5.41, 5.74) is 3.21. The molecule has 1 aliphatic rings. The fraction of sp³-hybridized carbons (Fsp3) is 0.579. The molecular formula is C19H28N4O. The van der Waals surface area contributed by atoms with Gasteiger partial charge < -0.3 is 14.4 Å².